The number of rotatable bonds is 1. The molecule has 0 aromatic carbocycles. The molecule has 0 atom stereocenters. The summed E-state index contributed by atoms with van der Waals surface area (Å²) in [6.07, 6.45) is 0. The monoisotopic (exact) mass is 113 g/mol. The van der Waals surface area contributed by atoms with E-state index in [0.717, 1.165) is 0 Å². The molecule has 0 saturated carbocycles. The highest BCUT2D eigenvalue weighted by Gasteiger charge is 1.76. The first-order valence-electron chi connectivity index (χ1n) is 1.83. The molecule has 0 aliphatic carbocycles. The van der Waals surface area contributed by atoms with E-state index in [1.165, 1.54) is 11.8 Å². The number of hydrogen-bond acceptors (Lipinski definition) is 2. The minimum absolute atomic E-state index is 0.566. The first kappa shape index (κ1) is 6.54. The summed E-state index contributed by atoms with van der Waals surface area (Å²) in [5.41, 5.74) is 2.55. The van der Waals surface area contributed by atoms with Gasteiger partial charge in [-0.2, -0.15) is 0 Å². The van der Waals surface area contributed by atoms with Crippen LogP contribution in [0.25, 0.3) is 0 Å². The fraction of sp³-hybridized carbons (Fsp3) is 0.200. The standard InChI is InChI=1S/C5H7NS/c1-3-4-7-5(2)6/h4,6H,1H2,2H3. The van der Waals surface area contributed by atoms with Crippen molar-refractivity contribution >= 4 is 16.8 Å². The lowest BCUT2D eigenvalue weighted by atomic mass is 10.9. The zero-order valence-corrected chi connectivity index (χ0v) is 5.01. The molecule has 0 amide bonds. The quantitative estimate of drug-likeness (QED) is 0.314. The van der Waals surface area contributed by atoms with Crippen molar-refractivity contribution in [3.8, 4) is 0 Å². The molecular weight excluding hydrogens is 106 g/mol. The topological polar surface area (TPSA) is 23.9 Å². The van der Waals surface area contributed by atoms with Gasteiger partial charge in [-0.3, -0.25) is 5.41 Å². The van der Waals surface area contributed by atoms with E-state index in [0.29, 0.717) is 5.04 Å². The molecule has 0 bridgehead atoms. The molecule has 2 heteroatoms. The molecular formula is C5H7NS. The van der Waals surface area contributed by atoms with Gasteiger partial charge in [-0.1, -0.05) is 18.3 Å². The lowest BCUT2D eigenvalue weighted by molar-refractivity contribution is 1.54. The fourth-order valence-corrected chi connectivity index (χ4v) is 0.390. The first-order valence-corrected chi connectivity index (χ1v) is 2.71. The molecule has 0 spiro atoms. The van der Waals surface area contributed by atoms with Crippen molar-refractivity contribution in [3.63, 3.8) is 0 Å². The Labute approximate surface area is 47.6 Å². The van der Waals surface area contributed by atoms with Crippen molar-refractivity contribution in [2.45, 2.75) is 6.92 Å². The largest absolute Gasteiger partial charge is 0.298 e. The molecule has 0 aromatic heterocycles. The Morgan fingerprint density at radius 2 is 2.57 bits per heavy atom. The molecule has 38 valence electrons. The lowest BCUT2D eigenvalue weighted by Gasteiger charge is -1.80. The Kier molecular flexibility index (Phi) is 3.48. The van der Waals surface area contributed by atoms with Gasteiger partial charge in [0.25, 0.3) is 0 Å². The lowest BCUT2D eigenvalue weighted by Crippen LogP contribution is -1.69. The molecule has 0 aliphatic rings. The number of thioether (sulfide) groups is 1. The van der Waals surface area contributed by atoms with Crippen LogP contribution in [0.2, 0.25) is 0 Å². The Balaban J connectivity index is 3.32. The second-order valence-electron chi connectivity index (χ2n) is 0.996. The van der Waals surface area contributed by atoms with Crippen LogP contribution in [0.3, 0.4) is 0 Å². The SMILES string of the molecule is C=C=CSC(C)=N. The van der Waals surface area contributed by atoms with Crippen LogP contribution in [0.1, 0.15) is 6.92 Å². The van der Waals surface area contributed by atoms with Crippen molar-refractivity contribution < 1.29 is 0 Å². The van der Waals surface area contributed by atoms with Gasteiger partial charge in [0, 0.05) is 5.41 Å². The minimum Gasteiger partial charge on any atom is -0.298 e. The molecule has 1 N–H and O–H groups in total. The summed E-state index contributed by atoms with van der Waals surface area (Å²) in [7, 11) is 0. The summed E-state index contributed by atoms with van der Waals surface area (Å²) in [5.74, 6) is 0. The van der Waals surface area contributed by atoms with Gasteiger partial charge < -0.3 is 0 Å². The second kappa shape index (κ2) is 3.72. The second-order valence-corrected chi connectivity index (χ2v) is 2.08. The van der Waals surface area contributed by atoms with Crippen LogP contribution in [0.4, 0.5) is 0 Å². The summed E-state index contributed by atoms with van der Waals surface area (Å²) in [4.78, 5) is 0. The Hall–Kier alpha value is -0.460. The van der Waals surface area contributed by atoms with Gasteiger partial charge in [0.2, 0.25) is 0 Å². The van der Waals surface area contributed by atoms with E-state index in [4.69, 9.17) is 5.41 Å². The molecule has 0 radical (unpaired) electrons. The highest BCUT2D eigenvalue weighted by atomic mass is 32.2. The zero-order chi connectivity index (χ0) is 5.70. The van der Waals surface area contributed by atoms with Crippen LogP contribution in [-0.2, 0) is 0 Å². The smallest absolute Gasteiger partial charge is 0.0658 e. The van der Waals surface area contributed by atoms with Gasteiger partial charge in [-0.25, -0.2) is 0 Å². The van der Waals surface area contributed by atoms with Crippen LogP contribution in [0, 0.1) is 5.41 Å². The molecule has 1 nitrogen and oxygen atoms in total. The van der Waals surface area contributed by atoms with Gasteiger partial charge in [0.1, 0.15) is 0 Å². The van der Waals surface area contributed by atoms with Crippen molar-refractivity contribution in [2.24, 2.45) is 0 Å². The van der Waals surface area contributed by atoms with E-state index in [1.54, 1.807) is 12.3 Å². The van der Waals surface area contributed by atoms with Crippen LogP contribution < -0.4 is 0 Å². The first-order chi connectivity index (χ1) is 3.27. The van der Waals surface area contributed by atoms with E-state index in [9.17, 15) is 0 Å². The normalized spacial score (nSPS) is 7.00. The van der Waals surface area contributed by atoms with E-state index >= 15 is 0 Å². The minimum atomic E-state index is 0.566. The molecule has 0 saturated heterocycles. The fourth-order valence-electron chi connectivity index (χ4n) is 0.130. The molecule has 0 aliphatic heterocycles. The molecule has 0 rings (SSSR count). The van der Waals surface area contributed by atoms with Crippen LogP contribution in [-0.4, -0.2) is 5.04 Å². The summed E-state index contributed by atoms with van der Waals surface area (Å²) in [5, 5.41) is 9.08. The van der Waals surface area contributed by atoms with E-state index in [2.05, 4.69) is 12.3 Å². The number of nitrogens with one attached hydrogen (secondary N) is 1. The third-order valence-corrected chi connectivity index (χ3v) is 0.957. The third-order valence-electron chi connectivity index (χ3n) is 0.319. The van der Waals surface area contributed by atoms with Crippen LogP contribution in [0.15, 0.2) is 17.7 Å². The van der Waals surface area contributed by atoms with Gasteiger partial charge in [0.05, 0.1) is 5.04 Å². The highest BCUT2D eigenvalue weighted by Crippen LogP contribution is 1.99. The van der Waals surface area contributed by atoms with Crippen molar-refractivity contribution in [1.29, 1.82) is 5.41 Å². The van der Waals surface area contributed by atoms with Gasteiger partial charge in [-0.15, -0.1) is 5.73 Å². The summed E-state index contributed by atoms with van der Waals surface area (Å²) in [6.45, 7) is 5.06. The molecule has 0 heterocycles. The van der Waals surface area contributed by atoms with E-state index in [1.807, 2.05) is 0 Å². The van der Waals surface area contributed by atoms with Crippen molar-refractivity contribution in [2.75, 3.05) is 0 Å². The van der Waals surface area contributed by atoms with Gasteiger partial charge in [-0.05, 0) is 6.92 Å². The Morgan fingerprint density at radius 1 is 2.00 bits per heavy atom. The zero-order valence-electron chi connectivity index (χ0n) is 4.19. The van der Waals surface area contributed by atoms with Gasteiger partial charge >= 0.3 is 0 Å². The maximum absolute atomic E-state index is 6.86. The third kappa shape index (κ3) is 5.54. The summed E-state index contributed by atoms with van der Waals surface area (Å²) in [6, 6.07) is 0. The molecule has 0 aromatic rings. The van der Waals surface area contributed by atoms with E-state index < -0.39 is 0 Å². The highest BCUT2D eigenvalue weighted by molar-refractivity contribution is 8.16. The average Bonchev–Trinajstić information content (AvgIpc) is 1.61. The molecule has 7 heavy (non-hydrogen) atoms. The van der Waals surface area contributed by atoms with Crippen molar-refractivity contribution in [3.05, 3.63) is 17.7 Å². The Bertz CT molecular complexity index is 111. The summed E-state index contributed by atoms with van der Waals surface area (Å²) >= 11 is 1.32. The molecule has 0 unspecified atom stereocenters. The maximum Gasteiger partial charge on any atom is 0.0658 e. The predicted octanol–water partition coefficient (Wildman–Crippen LogP) is 2.02. The van der Waals surface area contributed by atoms with Gasteiger partial charge in [0.15, 0.2) is 0 Å². The van der Waals surface area contributed by atoms with Crippen molar-refractivity contribution in [1.82, 2.24) is 0 Å². The average molecular weight is 113 g/mol. The van der Waals surface area contributed by atoms with Crippen LogP contribution in [0.5, 0.6) is 0 Å². The summed E-state index contributed by atoms with van der Waals surface area (Å²) < 4.78 is 0. The number of hydrogen-bond donors (Lipinski definition) is 1. The Morgan fingerprint density at radius 3 is 2.71 bits per heavy atom. The van der Waals surface area contributed by atoms with Crippen LogP contribution >= 0.6 is 11.8 Å². The van der Waals surface area contributed by atoms with E-state index in [-0.39, 0.29) is 0 Å². The maximum atomic E-state index is 6.86. The molecule has 0 fully saturated rings. The predicted molar refractivity (Wildman–Crippen MR) is 34.7 cm³/mol.